The highest BCUT2D eigenvalue weighted by Crippen LogP contribution is 2.22. The molecule has 0 bridgehead atoms. The molecule has 1 aliphatic heterocycles. The topological polar surface area (TPSA) is 59.6 Å². The summed E-state index contributed by atoms with van der Waals surface area (Å²) in [5.41, 5.74) is 1.78. The summed E-state index contributed by atoms with van der Waals surface area (Å²) in [6.45, 7) is 8.56. The van der Waals surface area contributed by atoms with Crippen molar-refractivity contribution in [1.29, 1.82) is 0 Å². The lowest BCUT2D eigenvalue weighted by Gasteiger charge is -2.27. The first-order chi connectivity index (χ1) is 11.8. The van der Waals surface area contributed by atoms with Crippen molar-refractivity contribution in [3.8, 4) is 0 Å². The summed E-state index contributed by atoms with van der Waals surface area (Å²) < 4.78 is 28.2. The number of imidazole rings is 1. The molecule has 2 aromatic rings. The number of quaternary nitrogens is 1. The molecule has 1 aromatic heterocycles. The van der Waals surface area contributed by atoms with Crippen molar-refractivity contribution >= 4 is 21.1 Å². The second kappa shape index (κ2) is 7.05. The summed E-state index contributed by atoms with van der Waals surface area (Å²) in [4.78, 5) is 6.67. The average molecular weight is 366 g/mol. The van der Waals surface area contributed by atoms with Crippen molar-refractivity contribution in [2.24, 2.45) is 5.92 Å². The summed E-state index contributed by atoms with van der Waals surface area (Å²) in [5.74, 6) is 1.82. The fraction of sp³-hybridized carbons (Fsp3) is 0.611. The van der Waals surface area contributed by atoms with Gasteiger partial charge in [0, 0.05) is 26.6 Å². The fourth-order valence-electron chi connectivity index (χ4n) is 3.80. The minimum atomic E-state index is -3.43. The molecule has 6 nitrogen and oxygen atoms in total. The van der Waals surface area contributed by atoms with Gasteiger partial charge in [0.15, 0.2) is 5.82 Å². The Bertz CT molecular complexity index is 857. The molecule has 1 fully saturated rings. The van der Waals surface area contributed by atoms with Crippen molar-refractivity contribution in [2.75, 3.05) is 27.2 Å². The van der Waals surface area contributed by atoms with Gasteiger partial charge in [-0.3, -0.25) is 0 Å². The van der Waals surface area contributed by atoms with Crippen molar-refractivity contribution < 1.29 is 13.3 Å². The number of nitrogens with zero attached hydrogens (tertiary/aromatic N) is 3. The minimum Gasteiger partial charge on any atom is -0.328 e. The van der Waals surface area contributed by atoms with Crippen LogP contribution in [-0.2, 0) is 23.1 Å². The monoisotopic (exact) mass is 365 g/mol. The van der Waals surface area contributed by atoms with Crippen molar-refractivity contribution in [1.82, 2.24) is 13.9 Å². The number of piperidine rings is 1. The number of fused-ring (bicyclic) bond motifs is 1. The predicted molar refractivity (Wildman–Crippen MR) is 99.1 cm³/mol. The molecule has 0 saturated carbocycles. The Morgan fingerprint density at radius 2 is 2.12 bits per heavy atom. The van der Waals surface area contributed by atoms with E-state index in [1.54, 1.807) is 31.1 Å². The van der Waals surface area contributed by atoms with Crippen LogP contribution in [0, 0.1) is 5.92 Å². The molecule has 3 rings (SSSR count). The molecule has 2 heterocycles. The van der Waals surface area contributed by atoms with Gasteiger partial charge in [-0.05, 0) is 38.0 Å². The molecule has 0 radical (unpaired) electrons. The molecule has 2 atom stereocenters. The maximum absolute atomic E-state index is 12.4. The molecule has 1 N–H and O–H groups in total. The number of rotatable bonds is 5. The van der Waals surface area contributed by atoms with E-state index >= 15 is 0 Å². The van der Waals surface area contributed by atoms with E-state index in [4.69, 9.17) is 4.98 Å². The third-order valence-corrected chi connectivity index (χ3v) is 6.98. The van der Waals surface area contributed by atoms with Gasteiger partial charge in [0.05, 0.1) is 29.0 Å². The Morgan fingerprint density at radius 1 is 1.36 bits per heavy atom. The first-order valence-corrected chi connectivity index (χ1v) is 10.5. The molecule has 0 amide bonds. The molecule has 0 spiro atoms. The Hall–Kier alpha value is -1.44. The van der Waals surface area contributed by atoms with Crippen LogP contribution in [0.3, 0.4) is 0 Å². The van der Waals surface area contributed by atoms with Gasteiger partial charge in [0.25, 0.3) is 0 Å². The Kier molecular flexibility index (Phi) is 5.18. The van der Waals surface area contributed by atoms with Crippen molar-refractivity contribution in [2.45, 2.75) is 44.7 Å². The van der Waals surface area contributed by atoms with E-state index in [-0.39, 0.29) is 0 Å². The van der Waals surface area contributed by atoms with Gasteiger partial charge < -0.3 is 9.47 Å². The Labute approximate surface area is 150 Å². The molecule has 0 aliphatic carbocycles. The number of hydrogen-bond acceptors (Lipinski definition) is 3. The number of likely N-dealkylation sites (tertiary alicyclic amines) is 1. The average Bonchev–Trinajstić information content (AvgIpc) is 2.90. The van der Waals surface area contributed by atoms with Crippen LogP contribution < -0.4 is 4.90 Å². The molecular weight excluding hydrogens is 336 g/mol. The molecule has 138 valence electrons. The maximum Gasteiger partial charge on any atom is 0.242 e. The highest BCUT2D eigenvalue weighted by Gasteiger charge is 2.23. The molecule has 1 aliphatic rings. The number of nitrogens with one attached hydrogen (secondary N) is 1. The third kappa shape index (κ3) is 3.59. The van der Waals surface area contributed by atoms with Crippen LogP contribution in [0.5, 0.6) is 0 Å². The SMILES string of the molecule is CCn1c(C[NH+]2CCC[C@@H](C)C2)nc2cc(S(=O)(=O)N(C)C)ccc21. The third-order valence-electron chi connectivity index (χ3n) is 5.17. The minimum absolute atomic E-state index is 0.302. The lowest BCUT2D eigenvalue weighted by Crippen LogP contribution is -3.12. The Morgan fingerprint density at radius 3 is 2.76 bits per heavy atom. The zero-order valence-electron chi connectivity index (χ0n) is 15.6. The van der Waals surface area contributed by atoms with E-state index in [0.717, 1.165) is 35.9 Å². The van der Waals surface area contributed by atoms with Crippen molar-refractivity contribution in [3.63, 3.8) is 0 Å². The van der Waals surface area contributed by atoms with E-state index in [1.807, 2.05) is 6.07 Å². The van der Waals surface area contributed by atoms with Crippen LogP contribution in [-0.4, -0.2) is 49.5 Å². The lowest BCUT2D eigenvalue weighted by atomic mass is 10.0. The standard InChI is InChI=1S/C18H28N4O2S/c1-5-22-17-9-8-15(25(23,24)20(3)4)11-16(17)19-18(22)13-21-10-6-7-14(2)12-21/h8-9,11,14H,5-7,10,12-13H2,1-4H3/p+1/t14-/m1/s1. The molecule has 25 heavy (non-hydrogen) atoms. The number of aromatic nitrogens is 2. The summed E-state index contributed by atoms with van der Waals surface area (Å²) >= 11 is 0. The largest absolute Gasteiger partial charge is 0.328 e. The van der Waals surface area contributed by atoms with Crippen LogP contribution in [0.1, 0.15) is 32.5 Å². The van der Waals surface area contributed by atoms with Gasteiger partial charge in [-0.25, -0.2) is 17.7 Å². The summed E-state index contributed by atoms with van der Waals surface area (Å²) in [5, 5.41) is 0. The van der Waals surface area contributed by atoms with Crippen LogP contribution >= 0.6 is 0 Å². The fourth-order valence-corrected chi connectivity index (χ4v) is 4.72. The zero-order chi connectivity index (χ0) is 18.2. The molecule has 1 aromatic carbocycles. The van der Waals surface area contributed by atoms with E-state index in [2.05, 4.69) is 18.4 Å². The number of sulfonamides is 1. The smallest absolute Gasteiger partial charge is 0.242 e. The van der Waals surface area contributed by atoms with Crippen LogP contribution in [0.4, 0.5) is 0 Å². The molecule has 1 saturated heterocycles. The van der Waals surface area contributed by atoms with Gasteiger partial charge in [0.2, 0.25) is 10.0 Å². The molecular formula is C18H29N4O2S+. The second-order valence-electron chi connectivity index (χ2n) is 7.34. The zero-order valence-corrected chi connectivity index (χ0v) is 16.4. The lowest BCUT2D eigenvalue weighted by molar-refractivity contribution is -0.922. The first-order valence-electron chi connectivity index (χ1n) is 9.08. The van der Waals surface area contributed by atoms with E-state index in [1.165, 1.54) is 30.2 Å². The highest BCUT2D eigenvalue weighted by atomic mass is 32.2. The van der Waals surface area contributed by atoms with E-state index in [9.17, 15) is 8.42 Å². The quantitative estimate of drug-likeness (QED) is 0.864. The van der Waals surface area contributed by atoms with Gasteiger partial charge in [-0.2, -0.15) is 0 Å². The van der Waals surface area contributed by atoms with Crippen molar-refractivity contribution in [3.05, 3.63) is 24.0 Å². The highest BCUT2D eigenvalue weighted by molar-refractivity contribution is 7.89. The van der Waals surface area contributed by atoms with Gasteiger partial charge >= 0.3 is 0 Å². The van der Waals surface area contributed by atoms with Gasteiger partial charge in [0.1, 0.15) is 6.54 Å². The van der Waals surface area contributed by atoms with Gasteiger partial charge in [-0.1, -0.05) is 6.92 Å². The van der Waals surface area contributed by atoms with E-state index in [0.29, 0.717) is 4.90 Å². The number of benzene rings is 1. The second-order valence-corrected chi connectivity index (χ2v) is 9.49. The van der Waals surface area contributed by atoms with Crippen LogP contribution in [0.25, 0.3) is 11.0 Å². The number of aryl methyl sites for hydroxylation is 1. The summed E-state index contributed by atoms with van der Waals surface area (Å²) in [6, 6.07) is 5.28. The predicted octanol–water partition coefficient (Wildman–Crippen LogP) is 1.12. The first kappa shape index (κ1) is 18.4. The molecule has 7 heteroatoms. The van der Waals surface area contributed by atoms with Crippen LogP contribution in [0.2, 0.25) is 0 Å². The number of hydrogen-bond donors (Lipinski definition) is 1. The molecule has 1 unspecified atom stereocenters. The summed E-state index contributed by atoms with van der Waals surface area (Å²) in [7, 11) is -0.330. The summed E-state index contributed by atoms with van der Waals surface area (Å²) in [6.07, 6.45) is 2.59. The normalized spacial score (nSPS) is 22.0. The maximum atomic E-state index is 12.4. The van der Waals surface area contributed by atoms with E-state index < -0.39 is 10.0 Å². The Balaban J connectivity index is 1.97. The van der Waals surface area contributed by atoms with Gasteiger partial charge in [-0.15, -0.1) is 0 Å². The van der Waals surface area contributed by atoms with Crippen LogP contribution in [0.15, 0.2) is 23.1 Å².